The number of hydrogen-bond donors (Lipinski definition) is 1. The fraction of sp³-hybridized carbons (Fsp3) is 0.136. The minimum absolute atomic E-state index is 0.222. The number of alkyl halides is 3. The molecule has 0 aliphatic rings. The summed E-state index contributed by atoms with van der Waals surface area (Å²) in [5, 5.41) is 4.72. The summed E-state index contributed by atoms with van der Waals surface area (Å²) in [6, 6.07) is 12.5. The van der Waals surface area contributed by atoms with Crippen molar-refractivity contribution in [1.82, 2.24) is 9.88 Å². The zero-order chi connectivity index (χ0) is 22.2. The summed E-state index contributed by atoms with van der Waals surface area (Å²) in [7, 11) is 0. The summed E-state index contributed by atoms with van der Waals surface area (Å²) in [6.07, 6.45) is -4.40. The number of rotatable bonds is 5. The molecule has 2 heterocycles. The third-order valence-electron chi connectivity index (χ3n) is 4.80. The molecule has 0 aliphatic carbocycles. The van der Waals surface area contributed by atoms with Crippen LogP contribution in [0.1, 0.15) is 27.2 Å². The molecule has 0 spiro atoms. The SMILES string of the molecule is O=C(NCc1ccc(F)cc1)c1cc2scc(Br)c2n1Cc1ccc(C(F)(F)F)cc1. The van der Waals surface area contributed by atoms with E-state index in [1.165, 1.54) is 35.6 Å². The van der Waals surface area contributed by atoms with Crippen LogP contribution in [0.15, 0.2) is 64.5 Å². The van der Waals surface area contributed by atoms with E-state index in [9.17, 15) is 22.4 Å². The highest BCUT2D eigenvalue weighted by atomic mass is 79.9. The van der Waals surface area contributed by atoms with Gasteiger partial charge in [0.1, 0.15) is 11.5 Å². The van der Waals surface area contributed by atoms with Crippen LogP contribution in [0.2, 0.25) is 0 Å². The maximum Gasteiger partial charge on any atom is 0.416 e. The molecule has 160 valence electrons. The second-order valence-corrected chi connectivity index (χ2v) is 8.68. The van der Waals surface area contributed by atoms with Crippen molar-refractivity contribution in [3.8, 4) is 0 Å². The summed E-state index contributed by atoms with van der Waals surface area (Å²) in [6.45, 7) is 0.454. The van der Waals surface area contributed by atoms with Gasteiger partial charge in [0.05, 0.1) is 20.3 Å². The van der Waals surface area contributed by atoms with Crippen molar-refractivity contribution >= 4 is 43.4 Å². The monoisotopic (exact) mass is 510 g/mol. The van der Waals surface area contributed by atoms with E-state index in [2.05, 4.69) is 21.2 Å². The Balaban J connectivity index is 1.61. The predicted octanol–water partition coefficient (Wildman–Crippen LogP) is 6.60. The van der Waals surface area contributed by atoms with Gasteiger partial charge in [-0.05, 0) is 57.4 Å². The summed E-state index contributed by atoms with van der Waals surface area (Å²) >= 11 is 4.95. The number of thiophene rings is 1. The Morgan fingerprint density at radius 3 is 2.32 bits per heavy atom. The quantitative estimate of drug-likeness (QED) is 0.301. The van der Waals surface area contributed by atoms with Gasteiger partial charge >= 0.3 is 6.18 Å². The largest absolute Gasteiger partial charge is 0.416 e. The van der Waals surface area contributed by atoms with Crippen LogP contribution < -0.4 is 5.32 Å². The van der Waals surface area contributed by atoms with Crippen LogP contribution in [0.3, 0.4) is 0 Å². The van der Waals surface area contributed by atoms with Gasteiger partial charge in [0, 0.05) is 18.5 Å². The number of fused-ring (bicyclic) bond motifs is 1. The molecule has 1 amide bonds. The normalized spacial score (nSPS) is 11.8. The fourth-order valence-corrected chi connectivity index (χ4v) is 4.93. The molecule has 1 N–H and O–H groups in total. The topological polar surface area (TPSA) is 34.0 Å². The zero-order valence-electron chi connectivity index (χ0n) is 15.8. The average Bonchev–Trinajstić information content (AvgIpc) is 3.27. The maximum absolute atomic E-state index is 13.1. The first-order valence-corrected chi connectivity index (χ1v) is 10.8. The molecule has 2 aromatic carbocycles. The molecule has 31 heavy (non-hydrogen) atoms. The van der Waals surface area contributed by atoms with Gasteiger partial charge in [-0.3, -0.25) is 4.79 Å². The Hall–Kier alpha value is -2.65. The Labute approximate surface area is 187 Å². The molecule has 0 saturated carbocycles. The second-order valence-electron chi connectivity index (χ2n) is 6.92. The van der Waals surface area contributed by atoms with Crippen molar-refractivity contribution in [3.63, 3.8) is 0 Å². The number of amides is 1. The van der Waals surface area contributed by atoms with Gasteiger partial charge < -0.3 is 9.88 Å². The lowest BCUT2D eigenvalue weighted by Crippen LogP contribution is -2.25. The lowest BCUT2D eigenvalue weighted by Gasteiger charge is -2.13. The van der Waals surface area contributed by atoms with Crippen LogP contribution in [0.25, 0.3) is 10.2 Å². The lowest BCUT2D eigenvalue weighted by molar-refractivity contribution is -0.137. The van der Waals surface area contributed by atoms with Crippen molar-refractivity contribution < 1.29 is 22.4 Å². The molecule has 0 bridgehead atoms. The molecule has 4 aromatic rings. The number of aromatic nitrogens is 1. The highest BCUT2D eigenvalue weighted by Crippen LogP contribution is 2.34. The number of carbonyl (C=O) groups is 1. The first-order valence-electron chi connectivity index (χ1n) is 9.17. The van der Waals surface area contributed by atoms with Gasteiger partial charge in [0.2, 0.25) is 0 Å². The molecule has 2 aromatic heterocycles. The molecular formula is C22H15BrF4N2OS. The fourth-order valence-electron chi connectivity index (χ4n) is 3.24. The number of hydrogen-bond acceptors (Lipinski definition) is 2. The van der Waals surface area contributed by atoms with Crippen molar-refractivity contribution in [3.05, 3.63) is 92.7 Å². The molecule has 0 radical (unpaired) electrons. The first kappa shape index (κ1) is 21.6. The number of nitrogens with zero attached hydrogens (tertiary/aromatic N) is 1. The van der Waals surface area contributed by atoms with E-state index in [-0.39, 0.29) is 24.8 Å². The molecule has 0 aliphatic heterocycles. The highest BCUT2D eigenvalue weighted by Gasteiger charge is 2.30. The van der Waals surface area contributed by atoms with Crippen LogP contribution in [0.5, 0.6) is 0 Å². The van der Waals surface area contributed by atoms with Gasteiger partial charge in [-0.25, -0.2) is 4.39 Å². The minimum atomic E-state index is -4.40. The van der Waals surface area contributed by atoms with Crippen molar-refractivity contribution in [2.24, 2.45) is 0 Å². The van der Waals surface area contributed by atoms with Crippen LogP contribution in [0.4, 0.5) is 17.6 Å². The van der Waals surface area contributed by atoms with E-state index in [4.69, 9.17) is 0 Å². The summed E-state index contributed by atoms with van der Waals surface area (Å²) in [5.41, 5.74) is 1.86. The van der Waals surface area contributed by atoms with Gasteiger partial charge in [-0.1, -0.05) is 24.3 Å². The molecule has 0 fully saturated rings. The number of nitrogens with one attached hydrogen (secondary N) is 1. The van der Waals surface area contributed by atoms with Gasteiger partial charge in [-0.15, -0.1) is 11.3 Å². The summed E-state index contributed by atoms with van der Waals surface area (Å²) in [4.78, 5) is 12.9. The lowest BCUT2D eigenvalue weighted by atomic mass is 10.1. The van der Waals surface area contributed by atoms with E-state index in [1.807, 2.05) is 5.38 Å². The van der Waals surface area contributed by atoms with Crippen LogP contribution in [0, 0.1) is 5.82 Å². The van der Waals surface area contributed by atoms with E-state index in [0.717, 1.165) is 32.4 Å². The average molecular weight is 511 g/mol. The van der Waals surface area contributed by atoms with Crippen LogP contribution in [-0.2, 0) is 19.3 Å². The van der Waals surface area contributed by atoms with E-state index >= 15 is 0 Å². The summed E-state index contributed by atoms with van der Waals surface area (Å²) < 4.78 is 55.1. The molecule has 3 nitrogen and oxygen atoms in total. The minimum Gasteiger partial charge on any atom is -0.347 e. The van der Waals surface area contributed by atoms with E-state index in [0.29, 0.717) is 11.3 Å². The highest BCUT2D eigenvalue weighted by molar-refractivity contribution is 9.10. The Morgan fingerprint density at radius 1 is 1.03 bits per heavy atom. The number of halogens is 5. The maximum atomic E-state index is 13.1. The molecule has 0 unspecified atom stereocenters. The van der Waals surface area contributed by atoms with Gasteiger partial charge in [0.15, 0.2) is 0 Å². The predicted molar refractivity (Wildman–Crippen MR) is 116 cm³/mol. The molecule has 0 saturated heterocycles. The van der Waals surface area contributed by atoms with Crippen molar-refractivity contribution in [1.29, 1.82) is 0 Å². The standard InChI is InChI=1S/C22H15BrF4N2OS/c23-17-12-31-19-9-18(21(30)28-10-13-3-7-16(24)8-4-13)29(20(17)19)11-14-1-5-15(6-2-14)22(25,26)27/h1-9,12H,10-11H2,(H,28,30). The Bertz CT molecular complexity index is 1230. The van der Waals surface area contributed by atoms with Crippen molar-refractivity contribution in [2.75, 3.05) is 0 Å². The number of benzene rings is 2. The Morgan fingerprint density at radius 2 is 1.68 bits per heavy atom. The van der Waals surface area contributed by atoms with Crippen molar-refractivity contribution in [2.45, 2.75) is 19.3 Å². The van der Waals surface area contributed by atoms with E-state index in [1.54, 1.807) is 22.8 Å². The zero-order valence-corrected chi connectivity index (χ0v) is 18.2. The molecule has 0 atom stereocenters. The second kappa shape index (κ2) is 8.47. The third-order valence-corrected chi connectivity index (χ3v) is 6.62. The smallest absolute Gasteiger partial charge is 0.347 e. The van der Waals surface area contributed by atoms with Gasteiger partial charge in [0.25, 0.3) is 5.91 Å². The van der Waals surface area contributed by atoms with Gasteiger partial charge in [-0.2, -0.15) is 13.2 Å². The molecule has 9 heteroatoms. The third kappa shape index (κ3) is 4.67. The first-order chi connectivity index (χ1) is 14.7. The molecule has 4 rings (SSSR count). The van der Waals surface area contributed by atoms with E-state index < -0.39 is 11.7 Å². The summed E-state index contributed by atoms with van der Waals surface area (Å²) in [5.74, 6) is -0.683. The Kier molecular flexibility index (Phi) is 5.90. The van der Waals surface area contributed by atoms with Crippen LogP contribution >= 0.6 is 27.3 Å². The number of carbonyl (C=O) groups excluding carboxylic acids is 1. The van der Waals surface area contributed by atoms with Crippen LogP contribution in [-0.4, -0.2) is 10.5 Å². The molecular weight excluding hydrogens is 496 g/mol.